The lowest BCUT2D eigenvalue weighted by atomic mass is 9.91. The molecule has 2 amide bonds. The SMILES string of the molecule is CC(C)(C)CC(=O)N[C@@H](Cc1ccc(-c2ccccc2)cc1)C(=O)N1CCC[C@H]1c1ncc(-c2ccccc2)[nH]1. The Hall–Kier alpha value is -4.19. The number of hydrogen-bond donors (Lipinski definition) is 2. The molecule has 0 aliphatic carbocycles. The highest BCUT2D eigenvalue weighted by Crippen LogP contribution is 2.32. The van der Waals surface area contributed by atoms with Crippen molar-refractivity contribution >= 4 is 11.8 Å². The number of imidazole rings is 1. The molecule has 40 heavy (non-hydrogen) atoms. The van der Waals surface area contributed by atoms with Crippen molar-refractivity contribution in [3.8, 4) is 22.4 Å². The van der Waals surface area contributed by atoms with Crippen LogP contribution in [-0.4, -0.2) is 39.3 Å². The van der Waals surface area contributed by atoms with Gasteiger partial charge in [-0.1, -0.05) is 106 Å². The third kappa shape index (κ3) is 6.68. The summed E-state index contributed by atoms with van der Waals surface area (Å²) in [5, 5.41) is 3.09. The fraction of sp³-hybridized carbons (Fsp3) is 0.324. The number of aromatic amines is 1. The van der Waals surface area contributed by atoms with Crippen LogP contribution in [0.15, 0.2) is 91.1 Å². The maximum absolute atomic E-state index is 14.1. The Kier molecular flexibility index (Phi) is 8.15. The molecule has 6 nitrogen and oxygen atoms in total. The summed E-state index contributed by atoms with van der Waals surface area (Å²) in [5.74, 6) is 0.623. The van der Waals surface area contributed by atoms with Crippen LogP contribution in [0, 0.1) is 5.41 Å². The van der Waals surface area contributed by atoms with Gasteiger partial charge in [0.15, 0.2) is 0 Å². The average molecular weight is 535 g/mol. The van der Waals surface area contributed by atoms with Gasteiger partial charge in [-0.3, -0.25) is 9.59 Å². The molecule has 1 aliphatic heterocycles. The van der Waals surface area contributed by atoms with Gasteiger partial charge in [-0.25, -0.2) is 4.98 Å². The van der Waals surface area contributed by atoms with Crippen molar-refractivity contribution < 1.29 is 9.59 Å². The maximum Gasteiger partial charge on any atom is 0.246 e. The van der Waals surface area contributed by atoms with E-state index < -0.39 is 6.04 Å². The van der Waals surface area contributed by atoms with E-state index in [2.05, 4.69) is 51.7 Å². The molecule has 6 heteroatoms. The van der Waals surface area contributed by atoms with Gasteiger partial charge in [0.1, 0.15) is 11.9 Å². The number of H-pyrrole nitrogens is 1. The van der Waals surface area contributed by atoms with E-state index >= 15 is 0 Å². The Labute approximate surface area is 236 Å². The summed E-state index contributed by atoms with van der Waals surface area (Å²) in [5.41, 5.74) is 5.10. The molecule has 3 aromatic carbocycles. The van der Waals surface area contributed by atoms with E-state index in [0.717, 1.165) is 46.6 Å². The Bertz CT molecular complexity index is 1420. The van der Waals surface area contributed by atoms with Gasteiger partial charge in [0, 0.05) is 19.4 Å². The van der Waals surface area contributed by atoms with Crippen molar-refractivity contribution in [2.45, 2.75) is 58.5 Å². The molecule has 0 unspecified atom stereocenters. The first kappa shape index (κ1) is 27.4. The summed E-state index contributed by atoms with van der Waals surface area (Å²) in [6.07, 6.45) is 4.35. The summed E-state index contributed by atoms with van der Waals surface area (Å²) in [6.45, 7) is 6.74. The number of nitrogens with one attached hydrogen (secondary N) is 2. The molecule has 0 radical (unpaired) electrons. The minimum Gasteiger partial charge on any atom is -0.344 e. The summed E-state index contributed by atoms with van der Waals surface area (Å²) >= 11 is 0. The van der Waals surface area contributed by atoms with E-state index in [9.17, 15) is 9.59 Å². The number of aromatic nitrogens is 2. The fourth-order valence-corrected chi connectivity index (χ4v) is 5.41. The second kappa shape index (κ2) is 11.9. The number of benzene rings is 3. The molecule has 2 heterocycles. The van der Waals surface area contributed by atoms with Gasteiger partial charge in [0.25, 0.3) is 0 Å². The van der Waals surface area contributed by atoms with E-state index in [0.29, 0.717) is 19.4 Å². The molecule has 2 N–H and O–H groups in total. The number of likely N-dealkylation sites (tertiary alicyclic amines) is 1. The first-order valence-corrected chi connectivity index (χ1v) is 14.1. The molecule has 1 aliphatic rings. The van der Waals surface area contributed by atoms with Gasteiger partial charge in [0.2, 0.25) is 11.8 Å². The van der Waals surface area contributed by atoms with Crippen LogP contribution >= 0.6 is 0 Å². The number of nitrogens with zero attached hydrogens (tertiary/aromatic N) is 2. The average Bonchev–Trinajstić information content (AvgIpc) is 3.63. The molecule has 0 saturated carbocycles. The number of carbonyl (C=O) groups excluding carboxylic acids is 2. The molecule has 1 aromatic heterocycles. The summed E-state index contributed by atoms with van der Waals surface area (Å²) in [4.78, 5) is 37.1. The topological polar surface area (TPSA) is 78.1 Å². The highest BCUT2D eigenvalue weighted by atomic mass is 16.2. The summed E-state index contributed by atoms with van der Waals surface area (Å²) in [6, 6.07) is 27.8. The van der Waals surface area contributed by atoms with Gasteiger partial charge >= 0.3 is 0 Å². The molecule has 0 spiro atoms. The Morgan fingerprint density at radius 1 is 0.925 bits per heavy atom. The molecular formula is C34H38N4O2. The third-order valence-electron chi connectivity index (χ3n) is 7.36. The fourth-order valence-electron chi connectivity index (χ4n) is 5.41. The van der Waals surface area contributed by atoms with E-state index in [1.165, 1.54) is 0 Å². The van der Waals surface area contributed by atoms with Crippen molar-refractivity contribution in [2.24, 2.45) is 5.41 Å². The zero-order valence-electron chi connectivity index (χ0n) is 23.6. The van der Waals surface area contributed by atoms with Crippen molar-refractivity contribution in [3.63, 3.8) is 0 Å². The second-order valence-electron chi connectivity index (χ2n) is 11.9. The normalized spacial score (nSPS) is 16.1. The maximum atomic E-state index is 14.1. The van der Waals surface area contributed by atoms with Crippen LogP contribution < -0.4 is 5.32 Å². The molecule has 2 atom stereocenters. The molecule has 5 rings (SSSR count). The lowest BCUT2D eigenvalue weighted by molar-refractivity contribution is -0.137. The first-order valence-electron chi connectivity index (χ1n) is 14.1. The predicted octanol–water partition coefficient (Wildman–Crippen LogP) is 6.57. The van der Waals surface area contributed by atoms with Crippen LogP contribution in [0.1, 0.15) is 57.5 Å². The van der Waals surface area contributed by atoms with Crippen LogP contribution in [0.3, 0.4) is 0 Å². The Balaban J connectivity index is 1.36. The first-order chi connectivity index (χ1) is 19.3. The van der Waals surface area contributed by atoms with Crippen molar-refractivity contribution in [3.05, 3.63) is 103 Å². The van der Waals surface area contributed by atoms with Crippen LogP contribution in [0.5, 0.6) is 0 Å². The quantitative estimate of drug-likeness (QED) is 0.268. The third-order valence-corrected chi connectivity index (χ3v) is 7.36. The lowest BCUT2D eigenvalue weighted by Gasteiger charge is -2.29. The molecular weight excluding hydrogens is 496 g/mol. The molecule has 0 bridgehead atoms. The van der Waals surface area contributed by atoms with Gasteiger partial charge in [0.05, 0.1) is 17.9 Å². The van der Waals surface area contributed by atoms with Gasteiger partial charge in [-0.15, -0.1) is 0 Å². The predicted molar refractivity (Wildman–Crippen MR) is 159 cm³/mol. The largest absolute Gasteiger partial charge is 0.344 e. The standard InChI is InChI=1S/C34H38N4O2/c1-34(2,3)22-31(39)36-28(21-24-16-18-26(19-17-24)25-11-6-4-7-12-25)33(40)38-20-10-15-30(38)32-35-23-29(37-32)27-13-8-5-9-14-27/h4-9,11-14,16-19,23,28,30H,10,15,20-22H2,1-3H3,(H,35,37)(H,36,39)/t28-,30-/m0/s1. The Morgan fingerprint density at radius 3 is 2.20 bits per heavy atom. The monoisotopic (exact) mass is 534 g/mol. The second-order valence-corrected chi connectivity index (χ2v) is 11.9. The smallest absolute Gasteiger partial charge is 0.246 e. The van der Waals surface area contributed by atoms with E-state index in [1.54, 1.807) is 0 Å². The minimum absolute atomic E-state index is 0.0606. The number of carbonyl (C=O) groups is 2. The van der Waals surface area contributed by atoms with Gasteiger partial charge in [-0.05, 0) is 40.5 Å². The molecule has 4 aromatic rings. The number of hydrogen-bond acceptors (Lipinski definition) is 3. The lowest BCUT2D eigenvalue weighted by Crippen LogP contribution is -2.50. The van der Waals surface area contributed by atoms with Crippen molar-refractivity contribution in [2.75, 3.05) is 6.54 Å². The highest BCUT2D eigenvalue weighted by Gasteiger charge is 2.36. The van der Waals surface area contributed by atoms with Gasteiger partial charge < -0.3 is 15.2 Å². The number of rotatable bonds is 8. The van der Waals surface area contributed by atoms with Crippen LogP contribution in [-0.2, 0) is 16.0 Å². The van der Waals surface area contributed by atoms with Crippen LogP contribution in [0.25, 0.3) is 22.4 Å². The summed E-state index contributed by atoms with van der Waals surface area (Å²) < 4.78 is 0. The van der Waals surface area contributed by atoms with Crippen molar-refractivity contribution in [1.82, 2.24) is 20.2 Å². The number of amides is 2. The Morgan fingerprint density at radius 2 is 1.55 bits per heavy atom. The van der Waals surface area contributed by atoms with Crippen molar-refractivity contribution in [1.29, 1.82) is 0 Å². The van der Waals surface area contributed by atoms with Gasteiger partial charge in [-0.2, -0.15) is 0 Å². The minimum atomic E-state index is -0.651. The highest BCUT2D eigenvalue weighted by molar-refractivity contribution is 5.88. The van der Waals surface area contributed by atoms with Crippen LogP contribution in [0.4, 0.5) is 0 Å². The zero-order valence-corrected chi connectivity index (χ0v) is 23.6. The molecule has 1 fully saturated rings. The molecule has 1 saturated heterocycles. The van der Waals surface area contributed by atoms with E-state index in [-0.39, 0.29) is 23.3 Å². The zero-order chi connectivity index (χ0) is 28.1. The van der Waals surface area contributed by atoms with E-state index in [1.807, 2.05) is 80.4 Å². The van der Waals surface area contributed by atoms with Crippen LogP contribution in [0.2, 0.25) is 0 Å². The molecule has 206 valence electrons. The summed E-state index contributed by atoms with van der Waals surface area (Å²) in [7, 11) is 0. The van der Waals surface area contributed by atoms with E-state index in [4.69, 9.17) is 0 Å².